The molecule has 8 heteroatoms. The molecular formula is C25H22FNO5S. The number of nitrogens with two attached hydrogens (primary N) is 1. The molecule has 1 unspecified atom stereocenters. The lowest BCUT2D eigenvalue weighted by molar-refractivity contribution is 0.163. The van der Waals surface area contributed by atoms with Crippen molar-refractivity contribution < 1.29 is 26.7 Å². The number of ether oxygens (including phenoxy) is 2. The fourth-order valence-electron chi connectivity index (χ4n) is 4.32. The van der Waals surface area contributed by atoms with Crippen molar-refractivity contribution in [1.29, 1.82) is 0 Å². The van der Waals surface area contributed by atoms with Gasteiger partial charge in [-0.3, -0.25) is 0 Å². The van der Waals surface area contributed by atoms with Crippen LogP contribution < -0.4 is 14.6 Å². The fraction of sp³-hybridized carbons (Fsp3) is 0.200. The maximum Gasteiger partial charge on any atom is 0.238 e. The molecule has 0 fully saturated rings. The Kier molecular flexibility index (Phi) is 5.34. The Bertz CT molecular complexity index is 1390. The van der Waals surface area contributed by atoms with Gasteiger partial charge in [-0.05, 0) is 42.8 Å². The largest absolute Gasteiger partial charge is 0.490 e. The van der Waals surface area contributed by atoms with Crippen molar-refractivity contribution in [2.75, 3.05) is 6.61 Å². The number of rotatable bonds is 4. The fourth-order valence-corrected chi connectivity index (χ4v) is 4.85. The number of sulfonamides is 1. The first-order chi connectivity index (χ1) is 15.8. The van der Waals surface area contributed by atoms with E-state index in [1.165, 1.54) is 24.3 Å². The van der Waals surface area contributed by atoms with Crippen molar-refractivity contribution in [3.8, 4) is 11.5 Å². The standard InChI is InChI=1S/C25H22FNO5S/c1-15-5-4-7-18(26)24(15)25(23-13-16-6-2-3-8-19(16)31-23)21-11-12-30-22-14-17(33(27,28)29)9-10-20(22)32-21/h2-10,13-14,21,25H,11-12H2,1H3,(H2,27,28,29)/t21?,25-/m1/s1. The van der Waals surface area contributed by atoms with E-state index in [0.717, 1.165) is 10.9 Å². The minimum Gasteiger partial charge on any atom is -0.490 e. The zero-order valence-corrected chi connectivity index (χ0v) is 18.6. The molecule has 2 heterocycles. The Labute approximate surface area is 190 Å². The Morgan fingerprint density at radius 1 is 1.03 bits per heavy atom. The van der Waals surface area contributed by atoms with Crippen molar-refractivity contribution in [2.24, 2.45) is 5.14 Å². The van der Waals surface area contributed by atoms with Crippen LogP contribution in [0.2, 0.25) is 0 Å². The summed E-state index contributed by atoms with van der Waals surface area (Å²) in [6, 6.07) is 18.7. The molecule has 2 atom stereocenters. The van der Waals surface area contributed by atoms with Crippen LogP contribution in [0.5, 0.6) is 11.5 Å². The second-order valence-corrected chi connectivity index (χ2v) is 9.64. The molecule has 0 aliphatic carbocycles. The lowest BCUT2D eigenvalue weighted by Gasteiger charge is -2.27. The minimum atomic E-state index is -3.89. The van der Waals surface area contributed by atoms with Gasteiger partial charge in [0.1, 0.15) is 23.3 Å². The highest BCUT2D eigenvalue weighted by Crippen LogP contribution is 2.41. The van der Waals surface area contributed by atoms with Gasteiger partial charge in [-0.2, -0.15) is 0 Å². The van der Waals surface area contributed by atoms with E-state index in [9.17, 15) is 8.42 Å². The van der Waals surface area contributed by atoms with Gasteiger partial charge in [-0.1, -0.05) is 30.3 Å². The van der Waals surface area contributed by atoms with E-state index in [1.54, 1.807) is 6.07 Å². The number of halogens is 1. The van der Waals surface area contributed by atoms with Gasteiger partial charge in [0.05, 0.1) is 17.4 Å². The third kappa shape index (κ3) is 4.07. The van der Waals surface area contributed by atoms with Crippen LogP contribution in [0, 0.1) is 12.7 Å². The van der Waals surface area contributed by atoms with Crippen LogP contribution in [-0.2, 0) is 10.0 Å². The molecule has 3 aromatic carbocycles. The lowest BCUT2D eigenvalue weighted by Crippen LogP contribution is -2.28. The first kappa shape index (κ1) is 21.5. The van der Waals surface area contributed by atoms with Crippen molar-refractivity contribution in [3.05, 3.63) is 89.4 Å². The number of para-hydroxylation sites is 1. The van der Waals surface area contributed by atoms with E-state index in [1.807, 2.05) is 43.3 Å². The van der Waals surface area contributed by atoms with Crippen LogP contribution in [0.15, 0.2) is 76.0 Å². The molecule has 5 rings (SSSR count). The van der Waals surface area contributed by atoms with E-state index < -0.39 is 22.0 Å². The summed E-state index contributed by atoms with van der Waals surface area (Å²) in [5.41, 5.74) is 1.97. The second-order valence-electron chi connectivity index (χ2n) is 8.08. The number of hydrogen-bond donors (Lipinski definition) is 1. The maximum atomic E-state index is 15.2. The van der Waals surface area contributed by atoms with Crippen LogP contribution in [0.1, 0.15) is 29.2 Å². The molecule has 2 N–H and O–H groups in total. The van der Waals surface area contributed by atoms with Gasteiger partial charge >= 0.3 is 0 Å². The number of hydrogen-bond acceptors (Lipinski definition) is 5. The van der Waals surface area contributed by atoms with Gasteiger partial charge < -0.3 is 13.9 Å². The van der Waals surface area contributed by atoms with Crippen molar-refractivity contribution in [3.63, 3.8) is 0 Å². The molecule has 170 valence electrons. The van der Waals surface area contributed by atoms with E-state index in [4.69, 9.17) is 19.0 Å². The smallest absolute Gasteiger partial charge is 0.238 e. The highest BCUT2D eigenvalue weighted by atomic mass is 32.2. The topological polar surface area (TPSA) is 91.8 Å². The molecule has 1 aliphatic rings. The van der Waals surface area contributed by atoms with E-state index in [2.05, 4.69) is 0 Å². The molecule has 0 saturated carbocycles. The molecule has 33 heavy (non-hydrogen) atoms. The Morgan fingerprint density at radius 3 is 2.61 bits per heavy atom. The quantitative estimate of drug-likeness (QED) is 0.461. The second kappa shape index (κ2) is 8.20. The van der Waals surface area contributed by atoms with Crippen LogP contribution in [0.3, 0.4) is 0 Å². The molecule has 1 aromatic heterocycles. The summed E-state index contributed by atoms with van der Waals surface area (Å²) in [7, 11) is -3.89. The Hall–Kier alpha value is -3.36. The zero-order chi connectivity index (χ0) is 23.2. The molecule has 0 bridgehead atoms. The number of primary sulfonamides is 1. The molecule has 0 radical (unpaired) electrons. The minimum absolute atomic E-state index is 0.0675. The molecule has 0 spiro atoms. The number of fused-ring (bicyclic) bond motifs is 2. The van der Waals surface area contributed by atoms with Crippen LogP contribution in [0.25, 0.3) is 11.0 Å². The highest BCUT2D eigenvalue weighted by Gasteiger charge is 2.35. The van der Waals surface area contributed by atoms with Gasteiger partial charge in [-0.25, -0.2) is 17.9 Å². The number of furan rings is 1. The van der Waals surface area contributed by atoms with Gasteiger partial charge in [0.25, 0.3) is 0 Å². The number of benzene rings is 3. The average molecular weight is 468 g/mol. The van der Waals surface area contributed by atoms with Crippen LogP contribution in [0.4, 0.5) is 4.39 Å². The van der Waals surface area contributed by atoms with Gasteiger partial charge in [0.2, 0.25) is 10.0 Å². The molecule has 0 amide bonds. The van der Waals surface area contributed by atoms with Crippen LogP contribution >= 0.6 is 0 Å². The predicted octanol–water partition coefficient (Wildman–Crippen LogP) is 4.89. The SMILES string of the molecule is Cc1cccc(F)c1[C@@H](c1cc2ccccc2o1)C1CCOc2cc(S(N)(=O)=O)ccc2O1. The summed E-state index contributed by atoms with van der Waals surface area (Å²) in [4.78, 5) is -0.0675. The normalized spacial score (nSPS) is 17.0. The van der Waals surface area contributed by atoms with Crippen molar-refractivity contribution in [2.45, 2.75) is 30.3 Å². The van der Waals surface area contributed by atoms with E-state index >= 15 is 4.39 Å². The van der Waals surface area contributed by atoms with Crippen molar-refractivity contribution >= 4 is 21.0 Å². The first-order valence-electron chi connectivity index (χ1n) is 10.5. The predicted molar refractivity (Wildman–Crippen MR) is 122 cm³/mol. The summed E-state index contributed by atoms with van der Waals surface area (Å²) in [6.07, 6.45) is -0.0998. The van der Waals surface area contributed by atoms with Crippen molar-refractivity contribution in [1.82, 2.24) is 0 Å². The molecule has 1 aliphatic heterocycles. The zero-order valence-electron chi connectivity index (χ0n) is 17.8. The summed E-state index contributed by atoms with van der Waals surface area (Å²) in [6.45, 7) is 2.10. The summed E-state index contributed by atoms with van der Waals surface area (Å²) in [5, 5.41) is 6.16. The van der Waals surface area contributed by atoms with E-state index in [-0.39, 0.29) is 23.1 Å². The molecule has 6 nitrogen and oxygen atoms in total. The summed E-state index contributed by atoms with van der Waals surface area (Å²) < 4.78 is 56.9. The Balaban J connectivity index is 1.62. The average Bonchev–Trinajstić information content (AvgIpc) is 3.08. The monoisotopic (exact) mass is 467 g/mol. The highest BCUT2D eigenvalue weighted by molar-refractivity contribution is 7.89. The summed E-state index contributed by atoms with van der Waals surface area (Å²) in [5.74, 6) is 0.321. The molecular weight excluding hydrogens is 445 g/mol. The lowest BCUT2D eigenvalue weighted by atomic mass is 9.86. The third-order valence-electron chi connectivity index (χ3n) is 5.89. The van der Waals surface area contributed by atoms with Crippen LogP contribution in [-0.4, -0.2) is 21.1 Å². The van der Waals surface area contributed by atoms with Gasteiger partial charge in [0.15, 0.2) is 11.5 Å². The van der Waals surface area contributed by atoms with Gasteiger partial charge in [0, 0.05) is 23.4 Å². The number of aryl methyl sites for hydroxylation is 1. The maximum absolute atomic E-state index is 15.2. The third-order valence-corrected chi connectivity index (χ3v) is 6.80. The molecule has 4 aromatic rings. The Morgan fingerprint density at radius 2 is 1.85 bits per heavy atom. The van der Waals surface area contributed by atoms with Gasteiger partial charge in [-0.15, -0.1) is 0 Å². The summed E-state index contributed by atoms with van der Waals surface area (Å²) >= 11 is 0. The first-order valence-corrected chi connectivity index (χ1v) is 12.1. The van der Waals surface area contributed by atoms with E-state index in [0.29, 0.717) is 29.1 Å². The molecule has 0 saturated heterocycles.